The van der Waals surface area contributed by atoms with E-state index in [1.54, 1.807) is 6.20 Å². The molecule has 0 saturated carbocycles. The number of nitrogens with one attached hydrogen (secondary N) is 3. The number of aromatic amines is 1. The Balaban J connectivity index is 1.19. The van der Waals surface area contributed by atoms with Crippen LogP contribution in [0, 0.1) is 5.92 Å². The lowest BCUT2D eigenvalue weighted by Gasteiger charge is -2.36. The van der Waals surface area contributed by atoms with Gasteiger partial charge in [0.1, 0.15) is 0 Å². The Morgan fingerprint density at radius 1 is 1.12 bits per heavy atom. The van der Waals surface area contributed by atoms with Gasteiger partial charge in [0, 0.05) is 54.9 Å². The average molecular weight is 468 g/mol. The number of H-pyrrole nitrogens is 1. The van der Waals surface area contributed by atoms with Crippen molar-refractivity contribution in [3.63, 3.8) is 0 Å². The topological polar surface area (TPSA) is 89.2 Å². The van der Waals surface area contributed by atoms with Crippen LogP contribution in [0.25, 0.3) is 22.2 Å². The maximum Gasteiger partial charge on any atom is 0.331 e. The molecule has 8 nitrogen and oxygen atoms in total. The minimum absolute atomic E-state index is 0.00682. The number of amides is 2. The van der Waals surface area contributed by atoms with Gasteiger partial charge in [-0.15, -0.1) is 0 Å². The first-order valence-electron chi connectivity index (χ1n) is 11.7. The molecule has 0 bridgehead atoms. The number of carbonyl (C=O) groups is 1. The number of benzene rings is 1. The maximum absolute atomic E-state index is 12.6. The fourth-order valence-corrected chi connectivity index (χ4v) is 4.82. The third-order valence-electron chi connectivity index (χ3n) is 6.74. The molecule has 0 unspecified atom stereocenters. The summed E-state index contributed by atoms with van der Waals surface area (Å²) in [7, 11) is 0. The number of nitrogens with zero attached hydrogens (tertiary/aromatic N) is 4. The molecule has 2 aromatic heterocycles. The summed E-state index contributed by atoms with van der Waals surface area (Å²) >= 11 is 6.45. The van der Waals surface area contributed by atoms with Crippen LogP contribution in [0.1, 0.15) is 32.6 Å². The lowest BCUT2D eigenvalue weighted by atomic mass is 10.0. The van der Waals surface area contributed by atoms with Gasteiger partial charge in [-0.1, -0.05) is 36.7 Å². The maximum atomic E-state index is 12.6. The quantitative estimate of drug-likeness (QED) is 0.525. The monoisotopic (exact) mass is 467 g/mol. The molecule has 0 radical (unpaired) electrons. The van der Waals surface area contributed by atoms with Crippen molar-refractivity contribution in [2.75, 3.05) is 31.5 Å². The van der Waals surface area contributed by atoms with Crippen molar-refractivity contribution in [1.29, 1.82) is 0 Å². The lowest BCUT2D eigenvalue weighted by Crippen LogP contribution is -2.53. The van der Waals surface area contributed by atoms with Gasteiger partial charge >= 0.3 is 6.03 Å². The van der Waals surface area contributed by atoms with Crippen molar-refractivity contribution in [3.05, 3.63) is 41.7 Å². The molecule has 2 amide bonds. The van der Waals surface area contributed by atoms with Crippen LogP contribution in [-0.4, -0.2) is 63.1 Å². The molecular formula is C24H30ClN7O. The molecule has 3 N–H and O–H groups in total. The van der Waals surface area contributed by atoms with Crippen LogP contribution in [0.4, 0.5) is 10.7 Å². The van der Waals surface area contributed by atoms with E-state index in [4.69, 9.17) is 16.6 Å². The highest BCUT2D eigenvalue weighted by atomic mass is 35.5. The summed E-state index contributed by atoms with van der Waals surface area (Å²) in [6.45, 7) is 5.53. The Hall–Kier alpha value is -2.84. The third-order valence-corrected chi connectivity index (χ3v) is 7.02. The number of likely N-dealkylation sites (tertiary alicyclic amines) is 1. The molecule has 33 heavy (non-hydrogen) atoms. The van der Waals surface area contributed by atoms with Crippen molar-refractivity contribution in [1.82, 2.24) is 30.3 Å². The van der Waals surface area contributed by atoms with E-state index in [-0.39, 0.29) is 12.1 Å². The molecular weight excluding hydrogens is 438 g/mol. The number of halogens is 1. The van der Waals surface area contributed by atoms with Crippen LogP contribution in [0.15, 0.2) is 36.7 Å². The van der Waals surface area contributed by atoms with Gasteiger partial charge in [0.05, 0.1) is 16.9 Å². The van der Waals surface area contributed by atoms with E-state index in [2.05, 4.69) is 38.7 Å². The highest BCUT2D eigenvalue weighted by Gasteiger charge is 2.26. The minimum atomic E-state index is 0.00682. The molecule has 5 rings (SSSR count). The molecule has 0 spiro atoms. The van der Waals surface area contributed by atoms with Crippen LogP contribution in [-0.2, 0) is 0 Å². The highest BCUT2D eigenvalue weighted by Crippen LogP contribution is 2.32. The van der Waals surface area contributed by atoms with Crippen LogP contribution >= 0.6 is 11.6 Å². The normalized spacial score (nSPS) is 18.5. The molecule has 2 fully saturated rings. The van der Waals surface area contributed by atoms with Gasteiger partial charge in [0.15, 0.2) is 0 Å². The van der Waals surface area contributed by atoms with Gasteiger partial charge in [0.25, 0.3) is 0 Å². The number of rotatable bonds is 4. The fraction of sp³-hybridized carbons (Fsp3) is 0.458. The summed E-state index contributed by atoms with van der Waals surface area (Å²) in [5, 5.41) is 7.09. The SMILES string of the molecule is CC1CCN(NC(=O)N2CCC(Nc3ncc(Cl)c(-c4c[nH]c5ccccc45)n3)CC2)CC1. The van der Waals surface area contributed by atoms with E-state index in [1.165, 1.54) is 0 Å². The smallest absolute Gasteiger partial charge is 0.331 e. The summed E-state index contributed by atoms with van der Waals surface area (Å²) in [5.74, 6) is 1.30. The zero-order valence-corrected chi connectivity index (χ0v) is 19.6. The number of para-hydroxylation sites is 1. The summed E-state index contributed by atoms with van der Waals surface area (Å²) in [5.41, 5.74) is 5.78. The Morgan fingerprint density at radius 3 is 2.67 bits per heavy atom. The van der Waals surface area contributed by atoms with Crippen LogP contribution in [0.5, 0.6) is 0 Å². The van der Waals surface area contributed by atoms with Crippen molar-refractivity contribution in [3.8, 4) is 11.3 Å². The Bertz CT molecular complexity index is 1120. The lowest BCUT2D eigenvalue weighted by molar-refractivity contribution is 0.111. The molecule has 9 heteroatoms. The second-order valence-corrected chi connectivity index (χ2v) is 9.54. The Kier molecular flexibility index (Phi) is 6.37. The molecule has 4 heterocycles. The predicted octanol–water partition coefficient (Wildman–Crippen LogP) is 4.51. The summed E-state index contributed by atoms with van der Waals surface area (Å²) < 4.78 is 0. The number of anilines is 1. The number of fused-ring (bicyclic) bond motifs is 1. The number of hydrogen-bond acceptors (Lipinski definition) is 5. The van der Waals surface area contributed by atoms with Gasteiger partial charge in [-0.25, -0.2) is 19.8 Å². The summed E-state index contributed by atoms with van der Waals surface area (Å²) in [4.78, 5) is 26.9. The molecule has 0 aliphatic carbocycles. The van der Waals surface area contributed by atoms with Crippen LogP contribution in [0.3, 0.4) is 0 Å². The van der Waals surface area contributed by atoms with E-state index in [0.717, 1.165) is 61.2 Å². The molecule has 1 aromatic carbocycles. The molecule has 3 aromatic rings. The van der Waals surface area contributed by atoms with E-state index >= 15 is 0 Å². The second kappa shape index (κ2) is 9.57. The van der Waals surface area contributed by atoms with Gasteiger partial charge in [0.2, 0.25) is 5.95 Å². The van der Waals surface area contributed by atoms with Crippen molar-refractivity contribution in [2.45, 2.75) is 38.6 Å². The minimum Gasteiger partial charge on any atom is -0.360 e. The Morgan fingerprint density at radius 2 is 1.88 bits per heavy atom. The van der Waals surface area contributed by atoms with E-state index in [1.807, 2.05) is 29.3 Å². The molecule has 2 aliphatic rings. The number of hydrogen-bond donors (Lipinski definition) is 3. The van der Waals surface area contributed by atoms with Crippen molar-refractivity contribution >= 4 is 34.5 Å². The largest absolute Gasteiger partial charge is 0.360 e. The predicted molar refractivity (Wildman–Crippen MR) is 131 cm³/mol. The second-order valence-electron chi connectivity index (χ2n) is 9.13. The molecule has 2 saturated heterocycles. The molecule has 0 atom stereocenters. The first-order valence-corrected chi connectivity index (χ1v) is 12.1. The van der Waals surface area contributed by atoms with E-state index < -0.39 is 0 Å². The standard InChI is InChI=1S/C24H30ClN7O/c1-16-6-12-32(13-7-16)30-24(33)31-10-8-17(9-11-31)28-23-27-15-20(25)22(29-23)19-14-26-21-5-3-2-4-18(19)21/h2-5,14-17,26H,6-13H2,1H3,(H,30,33)(H,27,28,29). The van der Waals surface area contributed by atoms with Crippen LogP contribution < -0.4 is 10.7 Å². The van der Waals surface area contributed by atoms with E-state index in [9.17, 15) is 4.79 Å². The van der Waals surface area contributed by atoms with Crippen molar-refractivity contribution < 1.29 is 4.79 Å². The average Bonchev–Trinajstić information content (AvgIpc) is 3.26. The number of carbonyl (C=O) groups excluding carboxylic acids is 1. The number of hydrazine groups is 1. The zero-order valence-electron chi connectivity index (χ0n) is 18.9. The number of aromatic nitrogens is 3. The van der Waals surface area contributed by atoms with Crippen LogP contribution in [0.2, 0.25) is 5.02 Å². The summed E-state index contributed by atoms with van der Waals surface area (Å²) in [6.07, 6.45) is 7.54. The first kappa shape index (κ1) is 22.0. The Labute approximate surface area is 198 Å². The fourth-order valence-electron chi connectivity index (χ4n) is 4.63. The number of piperidine rings is 2. The van der Waals surface area contributed by atoms with Gasteiger partial charge < -0.3 is 15.2 Å². The van der Waals surface area contributed by atoms with Crippen molar-refractivity contribution in [2.24, 2.45) is 5.92 Å². The van der Waals surface area contributed by atoms with E-state index in [0.29, 0.717) is 29.8 Å². The number of urea groups is 1. The van der Waals surface area contributed by atoms with Gasteiger partial charge in [-0.05, 0) is 37.7 Å². The van der Waals surface area contributed by atoms with Gasteiger partial charge in [-0.2, -0.15) is 0 Å². The molecule has 174 valence electrons. The zero-order chi connectivity index (χ0) is 22.8. The third kappa shape index (κ3) is 4.91. The van der Waals surface area contributed by atoms with Gasteiger partial charge in [-0.3, -0.25) is 5.43 Å². The highest BCUT2D eigenvalue weighted by molar-refractivity contribution is 6.33. The molecule has 2 aliphatic heterocycles. The summed E-state index contributed by atoms with van der Waals surface area (Å²) in [6, 6.07) is 8.30. The first-order chi connectivity index (χ1) is 16.1.